The average Bonchev–Trinajstić information content (AvgIpc) is 2.83. The van der Waals surface area contributed by atoms with Crippen LogP contribution in [0.25, 0.3) is 0 Å². The molecule has 1 aliphatic heterocycles. The Hall–Kier alpha value is -3.52. The number of carbonyl (C=O) groups is 1. The first kappa shape index (κ1) is 21.7. The predicted octanol–water partition coefficient (Wildman–Crippen LogP) is 3.85. The van der Waals surface area contributed by atoms with Crippen LogP contribution in [-0.2, 0) is 21.2 Å². The summed E-state index contributed by atoms with van der Waals surface area (Å²) in [5.41, 5.74) is 2.11. The van der Waals surface area contributed by atoms with Crippen LogP contribution in [0.2, 0.25) is 0 Å². The van der Waals surface area contributed by atoms with E-state index >= 15 is 0 Å². The monoisotopic (exact) mass is 452 g/mol. The summed E-state index contributed by atoms with van der Waals surface area (Å²) in [6.07, 6.45) is 1.42. The number of ether oxygens (including phenoxy) is 2. The molecule has 4 rings (SSSR count). The standard InChI is InChI=1S/C24H24N2O5S/c1-30-20-10-12-22(13-11-20)32(28,29)26-15-5-6-18-16-19(9-14-23(18)26)25-24(27)17-31-21-7-3-2-4-8-21/h2-4,7-14,16H,5-6,15,17H2,1H3,(H,25,27). The highest BCUT2D eigenvalue weighted by atomic mass is 32.2. The number of hydrogen-bond donors (Lipinski definition) is 1. The molecule has 3 aromatic rings. The average molecular weight is 453 g/mol. The van der Waals surface area contributed by atoms with Crippen LogP contribution in [0, 0.1) is 0 Å². The molecule has 1 heterocycles. The molecule has 166 valence electrons. The molecular formula is C24H24N2O5S. The molecule has 0 bridgehead atoms. The predicted molar refractivity (Wildman–Crippen MR) is 123 cm³/mol. The molecule has 0 spiro atoms. The van der Waals surface area contributed by atoms with E-state index in [4.69, 9.17) is 9.47 Å². The Balaban J connectivity index is 1.49. The number of aryl methyl sites for hydroxylation is 1. The SMILES string of the molecule is COc1ccc(S(=O)(=O)N2CCCc3cc(NC(=O)COc4ccccc4)ccc32)cc1. The molecule has 0 radical (unpaired) electrons. The lowest BCUT2D eigenvalue weighted by Crippen LogP contribution is -2.35. The summed E-state index contributed by atoms with van der Waals surface area (Å²) in [6, 6.07) is 20.7. The largest absolute Gasteiger partial charge is 0.497 e. The fourth-order valence-corrected chi connectivity index (χ4v) is 5.17. The number of sulfonamides is 1. The second-order valence-electron chi connectivity index (χ2n) is 7.35. The third kappa shape index (κ3) is 4.70. The van der Waals surface area contributed by atoms with Crippen molar-refractivity contribution in [2.45, 2.75) is 17.7 Å². The van der Waals surface area contributed by atoms with Crippen LogP contribution in [0.3, 0.4) is 0 Å². The number of rotatable bonds is 7. The van der Waals surface area contributed by atoms with Crippen LogP contribution >= 0.6 is 0 Å². The van der Waals surface area contributed by atoms with E-state index in [2.05, 4.69) is 5.32 Å². The van der Waals surface area contributed by atoms with Gasteiger partial charge in [0.05, 0.1) is 17.7 Å². The number of nitrogens with one attached hydrogen (secondary N) is 1. The van der Waals surface area contributed by atoms with Crippen molar-refractivity contribution >= 4 is 27.3 Å². The Kier molecular flexibility index (Phi) is 6.32. The van der Waals surface area contributed by atoms with Gasteiger partial charge in [0.25, 0.3) is 15.9 Å². The summed E-state index contributed by atoms with van der Waals surface area (Å²) < 4.78 is 38.5. The van der Waals surface area contributed by atoms with Gasteiger partial charge >= 0.3 is 0 Å². The van der Waals surface area contributed by atoms with Crippen LogP contribution in [0.15, 0.2) is 77.7 Å². The number of benzene rings is 3. The maximum Gasteiger partial charge on any atom is 0.264 e. The molecule has 3 aromatic carbocycles. The van der Waals surface area contributed by atoms with Crippen LogP contribution < -0.4 is 19.1 Å². The van der Waals surface area contributed by atoms with Crippen LogP contribution in [0.5, 0.6) is 11.5 Å². The maximum atomic E-state index is 13.2. The van der Waals surface area contributed by atoms with Gasteiger partial charge in [-0.05, 0) is 73.0 Å². The van der Waals surface area contributed by atoms with Crippen molar-refractivity contribution in [3.05, 3.63) is 78.4 Å². The number of carbonyl (C=O) groups excluding carboxylic acids is 1. The Morgan fingerprint density at radius 1 is 1.00 bits per heavy atom. The summed E-state index contributed by atoms with van der Waals surface area (Å²) in [5, 5.41) is 2.81. The van der Waals surface area contributed by atoms with E-state index in [0.29, 0.717) is 35.8 Å². The van der Waals surface area contributed by atoms with Crippen molar-refractivity contribution < 1.29 is 22.7 Å². The van der Waals surface area contributed by atoms with Gasteiger partial charge in [-0.3, -0.25) is 9.10 Å². The number of anilines is 2. The quantitative estimate of drug-likeness (QED) is 0.589. The molecule has 0 aromatic heterocycles. The minimum atomic E-state index is -3.71. The van der Waals surface area contributed by atoms with Crippen LogP contribution in [0.4, 0.5) is 11.4 Å². The second-order valence-corrected chi connectivity index (χ2v) is 9.21. The van der Waals surface area contributed by atoms with E-state index in [0.717, 1.165) is 12.0 Å². The molecule has 0 atom stereocenters. The maximum absolute atomic E-state index is 13.2. The lowest BCUT2D eigenvalue weighted by atomic mass is 10.0. The molecule has 1 N–H and O–H groups in total. The van der Waals surface area contributed by atoms with Gasteiger partial charge in [0.2, 0.25) is 0 Å². The molecule has 0 aliphatic carbocycles. The van der Waals surface area contributed by atoms with Crippen LogP contribution in [0.1, 0.15) is 12.0 Å². The zero-order valence-electron chi connectivity index (χ0n) is 17.7. The summed E-state index contributed by atoms with van der Waals surface area (Å²) in [4.78, 5) is 12.5. The Bertz CT molecular complexity index is 1190. The van der Waals surface area contributed by atoms with Gasteiger partial charge in [0, 0.05) is 12.2 Å². The smallest absolute Gasteiger partial charge is 0.264 e. The highest BCUT2D eigenvalue weighted by Gasteiger charge is 2.29. The fraction of sp³-hybridized carbons (Fsp3) is 0.208. The molecule has 7 nitrogen and oxygen atoms in total. The fourth-order valence-electron chi connectivity index (χ4n) is 3.63. The molecule has 1 aliphatic rings. The van der Waals surface area contributed by atoms with Crippen molar-refractivity contribution in [1.29, 1.82) is 0 Å². The zero-order valence-corrected chi connectivity index (χ0v) is 18.5. The zero-order chi connectivity index (χ0) is 22.6. The topological polar surface area (TPSA) is 84.9 Å². The second kappa shape index (κ2) is 9.32. The molecule has 0 unspecified atom stereocenters. The third-order valence-electron chi connectivity index (χ3n) is 5.20. The molecule has 32 heavy (non-hydrogen) atoms. The van der Waals surface area contributed by atoms with E-state index in [1.54, 1.807) is 48.5 Å². The molecule has 0 saturated carbocycles. The van der Waals surface area contributed by atoms with E-state index in [9.17, 15) is 13.2 Å². The lowest BCUT2D eigenvalue weighted by Gasteiger charge is -2.31. The Morgan fingerprint density at radius 3 is 2.47 bits per heavy atom. The number of nitrogens with zero attached hydrogens (tertiary/aromatic N) is 1. The Morgan fingerprint density at radius 2 is 1.75 bits per heavy atom. The van der Waals surface area contributed by atoms with Gasteiger partial charge in [-0.25, -0.2) is 8.42 Å². The normalized spacial score (nSPS) is 13.2. The van der Waals surface area contributed by atoms with E-state index in [1.807, 2.05) is 24.3 Å². The molecular weight excluding hydrogens is 428 g/mol. The lowest BCUT2D eigenvalue weighted by molar-refractivity contribution is -0.118. The third-order valence-corrected chi connectivity index (χ3v) is 7.03. The van der Waals surface area contributed by atoms with Gasteiger partial charge in [0.15, 0.2) is 6.61 Å². The molecule has 8 heteroatoms. The van der Waals surface area contributed by atoms with Gasteiger partial charge in [-0.2, -0.15) is 0 Å². The van der Waals surface area contributed by atoms with Crippen molar-refractivity contribution in [3.8, 4) is 11.5 Å². The summed E-state index contributed by atoms with van der Waals surface area (Å²) in [7, 11) is -2.17. The van der Waals surface area contributed by atoms with Gasteiger partial charge in [-0.1, -0.05) is 18.2 Å². The summed E-state index contributed by atoms with van der Waals surface area (Å²) >= 11 is 0. The van der Waals surface area contributed by atoms with E-state index < -0.39 is 10.0 Å². The van der Waals surface area contributed by atoms with E-state index in [1.165, 1.54) is 11.4 Å². The molecule has 1 amide bonds. The number of hydrogen-bond acceptors (Lipinski definition) is 5. The number of amides is 1. The van der Waals surface area contributed by atoms with Crippen molar-refractivity contribution in [1.82, 2.24) is 0 Å². The minimum Gasteiger partial charge on any atom is -0.497 e. The number of methoxy groups -OCH3 is 1. The minimum absolute atomic E-state index is 0.112. The van der Waals surface area contributed by atoms with Crippen LogP contribution in [-0.4, -0.2) is 34.6 Å². The van der Waals surface area contributed by atoms with Crippen molar-refractivity contribution in [2.75, 3.05) is 29.9 Å². The first-order chi connectivity index (χ1) is 15.5. The first-order valence-electron chi connectivity index (χ1n) is 10.2. The van der Waals surface area contributed by atoms with Crippen molar-refractivity contribution in [3.63, 3.8) is 0 Å². The van der Waals surface area contributed by atoms with Crippen molar-refractivity contribution in [2.24, 2.45) is 0 Å². The van der Waals surface area contributed by atoms with Gasteiger partial charge in [-0.15, -0.1) is 0 Å². The van der Waals surface area contributed by atoms with Gasteiger partial charge < -0.3 is 14.8 Å². The summed E-state index contributed by atoms with van der Waals surface area (Å²) in [6.45, 7) is 0.289. The number of para-hydroxylation sites is 1. The highest BCUT2D eigenvalue weighted by Crippen LogP contribution is 2.34. The highest BCUT2D eigenvalue weighted by molar-refractivity contribution is 7.92. The van der Waals surface area contributed by atoms with Gasteiger partial charge in [0.1, 0.15) is 11.5 Å². The summed E-state index contributed by atoms with van der Waals surface area (Å²) in [5.74, 6) is 0.930. The number of fused-ring (bicyclic) bond motifs is 1. The van der Waals surface area contributed by atoms with E-state index in [-0.39, 0.29) is 17.4 Å². The molecule has 0 saturated heterocycles. The Labute approximate surface area is 187 Å². The molecule has 0 fully saturated rings. The first-order valence-corrected chi connectivity index (χ1v) is 11.7.